The topological polar surface area (TPSA) is 89.3 Å². The van der Waals surface area contributed by atoms with E-state index in [2.05, 4.69) is 5.32 Å². The zero-order valence-electron chi connectivity index (χ0n) is 10.7. The van der Waals surface area contributed by atoms with E-state index in [1.165, 1.54) is 12.1 Å². The third-order valence-corrected chi connectivity index (χ3v) is 3.81. The van der Waals surface area contributed by atoms with Crippen molar-refractivity contribution < 1.29 is 13.2 Å². The van der Waals surface area contributed by atoms with E-state index in [0.717, 1.165) is 11.8 Å². The van der Waals surface area contributed by atoms with Crippen molar-refractivity contribution in [1.29, 1.82) is 0 Å². The lowest BCUT2D eigenvalue weighted by Crippen LogP contribution is -2.27. The van der Waals surface area contributed by atoms with Gasteiger partial charge >= 0.3 is 0 Å². The largest absolute Gasteiger partial charge is 0.330 e. The Balaban J connectivity index is 3.06. The van der Waals surface area contributed by atoms with Gasteiger partial charge in [-0.2, -0.15) is 0 Å². The van der Waals surface area contributed by atoms with Crippen LogP contribution in [0.25, 0.3) is 0 Å². The fourth-order valence-corrected chi connectivity index (χ4v) is 1.98. The molecular weight excluding hydrogens is 252 g/mol. The average molecular weight is 270 g/mol. The number of benzene rings is 1. The first kappa shape index (κ1) is 14.7. The predicted octanol–water partition coefficient (Wildman–Crippen LogP) is 0.932. The molecule has 0 fully saturated rings. The van der Waals surface area contributed by atoms with Gasteiger partial charge in [-0.15, -0.1) is 0 Å². The second kappa shape index (κ2) is 5.49. The van der Waals surface area contributed by atoms with Crippen LogP contribution in [0.15, 0.2) is 23.1 Å². The molecule has 6 heteroatoms. The molecular formula is C12H18N2O3S. The Bertz CT molecular complexity index is 552. The predicted molar refractivity (Wildman–Crippen MR) is 71.1 cm³/mol. The smallest absolute Gasteiger partial charge is 0.228 e. The lowest BCUT2D eigenvalue weighted by Gasteiger charge is -2.13. The van der Waals surface area contributed by atoms with Crippen molar-refractivity contribution in [3.8, 4) is 0 Å². The minimum atomic E-state index is -3.28. The molecule has 0 aliphatic heterocycles. The van der Waals surface area contributed by atoms with Crippen LogP contribution in [-0.2, 0) is 14.6 Å². The van der Waals surface area contributed by atoms with Gasteiger partial charge < -0.3 is 11.1 Å². The van der Waals surface area contributed by atoms with Crippen molar-refractivity contribution in [3.63, 3.8) is 0 Å². The number of hydrogen-bond donors (Lipinski definition) is 2. The van der Waals surface area contributed by atoms with E-state index in [4.69, 9.17) is 5.73 Å². The molecule has 1 aromatic carbocycles. The van der Waals surface area contributed by atoms with Crippen LogP contribution < -0.4 is 11.1 Å². The highest BCUT2D eigenvalue weighted by Gasteiger charge is 2.14. The minimum absolute atomic E-state index is 0.184. The van der Waals surface area contributed by atoms with Gasteiger partial charge in [-0.1, -0.05) is 13.0 Å². The van der Waals surface area contributed by atoms with Crippen LogP contribution in [0.5, 0.6) is 0 Å². The molecule has 1 atom stereocenters. The van der Waals surface area contributed by atoms with Gasteiger partial charge in [0.05, 0.1) is 4.90 Å². The van der Waals surface area contributed by atoms with Crippen LogP contribution in [0.3, 0.4) is 0 Å². The highest BCUT2D eigenvalue weighted by atomic mass is 32.2. The Labute approximate surface area is 107 Å². The number of nitrogens with two attached hydrogens (primary N) is 1. The van der Waals surface area contributed by atoms with E-state index in [0.29, 0.717) is 5.69 Å². The third kappa shape index (κ3) is 3.54. The molecule has 1 rings (SSSR count). The molecule has 0 bridgehead atoms. The van der Waals surface area contributed by atoms with Crippen molar-refractivity contribution in [1.82, 2.24) is 0 Å². The van der Waals surface area contributed by atoms with Gasteiger partial charge in [-0.25, -0.2) is 8.42 Å². The first-order valence-electron chi connectivity index (χ1n) is 5.57. The molecule has 18 heavy (non-hydrogen) atoms. The summed E-state index contributed by atoms with van der Waals surface area (Å²) in [5, 5.41) is 2.69. The highest BCUT2D eigenvalue weighted by Crippen LogP contribution is 2.20. The number of anilines is 1. The molecule has 1 aromatic rings. The number of sulfone groups is 1. The van der Waals surface area contributed by atoms with Gasteiger partial charge in [0, 0.05) is 24.4 Å². The molecule has 0 heterocycles. The van der Waals surface area contributed by atoms with E-state index in [9.17, 15) is 13.2 Å². The van der Waals surface area contributed by atoms with Gasteiger partial charge in [0.1, 0.15) is 0 Å². The van der Waals surface area contributed by atoms with Crippen molar-refractivity contribution in [2.75, 3.05) is 18.1 Å². The van der Waals surface area contributed by atoms with E-state index in [-0.39, 0.29) is 23.3 Å². The van der Waals surface area contributed by atoms with Crippen molar-refractivity contribution in [3.05, 3.63) is 23.8 Å². The Morgan fingerprint density at radius 3 is 2.56 bits per heavy atom. The molecule has 5 nitrogen and oxygen atoms in total. The fraction of sp³-hybridized carbons (Fsp3) is 0.417. The van der Waals surface area contributed by atoms with E-state index >= 15 is 0 Å². The van der Waals surface area contributed by atoms with Crippen LogP contribution in [0.2, 0.25) is 0 Å². The molecule has 0 aliphatic carbocycles. The Morgan fingerprint density at radius 1 is 1.44 bits per heavy atom. The van der Waals surface area contributed by atoms with Crippen LogP contribution in [0, 0.1) is 12.8 Å². The summed E-state index contributed by atoms with van der Waals surface area (Å²) in [6, 6.07) is 4.65. The molecule has 0 aliphatic rings. The number of nitrogens with one attached hydrogen (secondary N) is 1. The number of aryl methyl sites for hydroxylation is 1. The van der Waals surface area contributed by atoms with Crippen LogP contribution in [0.4, 0.5) is 5.69 Å². The zero-order valence-corrected chi connectivity index (χ0v) is 11.5. The maximum atomic E-state index is 11.7. The average Bonchev–Trinajstić information content (AvgIpc) is 2.29. The van der Waals surface area contributed by atoms with Crippen LogP contribution in [0.1, 0.15) is 12.5 Å². The van der Waals surface area contributed by atoms with E-state index < -0.39 is 9.84 Å². The third-order valence-electron chi connectivity index (χ3n) is 2.70. The molecule has 1 unspecified atom stereocenters. The maximum absolute atomic E-state index is 11.7. The zero-order chi connectivity index (χ0) is 13.9. The molecule has 0 radical (unpaired) electrons. The second-order valence-electron chi connectivity index (χ2n) is 4.37. The minimum Gasteiger partial charge on any atom is -0.330 e. The molecule has 0 saturated carbocycles. The molecule has 100 valence electrons. The molecule has 1 amide bonds. The van der Waals surface area contributed by atoms with E-state index in [1.54, 1.807) is 19.9 Å². The Kier molecular flexibility index (Phi) is 4.48. The van der Waals surface area contributed by atoms with Gasteiger partial charge in [-0.05, 0) is 24.6 Å². The van der Waals surface area contributed by atoms with Crippen molar-refractivity contribution in [2.45, 2.75) is 18.7 Å². The van der Waals surface area contributed by atoms with Gasteiger partial charge in [0.2, 0.25) is 5.91 Å². The highest BCUT2D eigenvalue weighted by molar-refractivity contribution is 7.90. The lowest BCUT2D eigenvalue weighted by atomic mass is 10.1. The maximum Gasteiger partial charge on any atom is 0.228 e. The van der Waals surface area contributed by atoms with Gasteiger partial charge in [-0.3, -0.25) is 4.79 Å². The number of carbonyl (C=O) groups excluding carboxylic acids is 1. The van der Waals surface area contributed by atoms with Gasteiger partial charge in [0.15, 0.2) is 9.84 Å². The first-order chi connectivity index (χ1) is 8.25. The van der Waals surface area contributed by atoms with Crippen molar-refractivity contribution >= 4 is 21.4 Å². The Hall–Kier alpha value is -1.40. The SMILES string of the molecule is Cc1ccc(S(C)(=O)=O)cc1NC(=O)C(C)CN. The summed E-state index contributed by atoms with van der Waals surface area (Å²) in [4.78, 5) is 11.9. The summed E-state index contributed by atoms with van der Waals surface area (Å²) < 4.78 is 22.9. The quantitative estimate of drug-likeness (QED) is 0.851. The molecule has 0 aromatic heterocycles. The van der Waals surface area contributed by atoms with E-state index in [1.807, 2.05) is 0 Å². The summed E-state index contributed by atoms with van der Waals surface area (Å²) in [5.41, 5.74) is 6.72. The lowest BCUT2D eigenvalue weighted by molar-refractivity contribution is -0.119. The van der Waals surface area contributed by atoms with Crippen molar-refractivity contribution in [2.24, 2.45) is 11.7 Å². The molecule has 3 N–H and O–H groups in total. The standard InChI is InChI=1S/C12H18N2O3S/c1-8-4-5-10(18(3,16)17)6-11(8)14-12(15)9(2)7-13/h4-6,9H,7,13H2,1-3H3,(H,14,15). The number of hydrogen-bond acceptors (Lipinski definition) is 4. The first-order valence-corrected chi connectivity index (χ1v) is 7.46. The van der Waals surface area contributed by atoms with Crippen LogP contribution >= 0.6 is 0 Å². The molecule has 0 spiro atoms. The second-order valence-corrected chi connectivity index (χ2v) is 6.39. The summed E-state index contributed by atoms with van der Waals surface area (Å²) in [5.74, 6) is -0.530. The monoisotopic (exact) mass is 270 g/mol. The fourth-order valence-electron chi connectivity index (χ4n) is 1.33. The van der Waals surface area contributed by atoms with Gasteiger partial charge in [0.25, 0.3) is 0 Å². The summed E-state index contributed by atoms with van der Waals surface area (Å²) in [6.45, 7) is 3.76. The summed E-state index contributed by atoms with van der Waals surface area (Å²) >= 11 is 0. The molecule has 0 saturated heterocycles. The summed E-state index contributed by atoms with van der Waals surface area (Å²) in [7, 11) is -3.28. The summed E-state index contributed by atoms with van der Waals surface area (Å²) in [6.07, 6.45) is 1.13. The number of rotatable bonds is 4. The van der Waals surface area contributed by atoms with Crippen LogP contribution in [-0.4, -0.2) is 27.1 Å². The normalized spacial score (nSPS) is 13.1. The number of carbonyl (C=O) groups is 1. The number of amides is 1. The Morgan fingerprint density at radius 2 is 2.06 bits per heavy atom.